The summed E-state index contributed by atoms with van der Waals surface area (Å²) in [7, 11) is 15.5. The van der Waals surface area contributed by atoms with Gasteiger partial charge >= 0.3 is 0 Å². The number of Topliss-reactive ketones (excluding diaryl/α,β-unsaturated/α-hetero) is 1. The summed E-state index contributed by atoms with van der Waals surface area (Å²) in [5.41, 5.74) is 0. The second-order valence-corrected chi connectivity index (χ2v) is 9.00. The van der Waals surface area contributed by atoms with E-state index in [1.807, 2.05) is 18.4 Å². The van der Waals surface area contributed by atoms with Gasteiger partial charge < -0.3 is 20.6 Å². The number of ketones is 1. The van der Waals surface area contributed by atoms with Gasteiger partial charge in [-0.05, 0) is 38.9 Å². The van der Waals surface area contributed by atoms with Crippen LogP contribution in [0.4, 0.5) is 0 Å². The van der Waals surface area contributed by atoms with Crippen molar-refractivity contribution in [2.45, 2.75) is 57.1 Å². The average Bonchev–Trinajstić information content (AvgIpc) is 2.79. The lowest BCUT2D eigenvalue weighted by atomic mass is 10.1. The van der Waals surface area contributed by atoms with E-state index in [2.05, 4.69) is 10.6 Å². The number of unbranched alkanes of at least 4 members (excludes halogenated alkanes) is 3. The molecule has 0 aromatic carbocycles. The first-order valence-corrected chi connectivity index (χ1v) is 12.5. The number of carbonyl (C=O) groups is 5. The van der Waals surface area contributed by atoms with E-state index in [9.17, 15) is 24.0 Å². The number of hydrogen-bond acceptors (Lipinski definition) is 7. The quantitative estimate of drug-likeness (QED) is 0.153. The number of nitrogens with zero attached hydrogens (tertiary/aromatic N) is 2. The second kappa shape index (κ2) is 19.4. The van der Waals surface area contributed by atoms with Gasteiger partial charge in [0.15, 0.2) is 0 Å². The maximum Gasteiger partial charge on any atom is 0.234 e. The minimum Gasteiger partial charge on any atom is -0.448 e. The molecule has 34 heavy (non-hydrogen) atoms. The maximum absolute atomic E-state index is 12.3. The molecule has 1 unspecified atom stereocenters. The van der Waals surface area contributed by atoms with Crippen molar-refractivity contribution in [2.24, 2.45) is 0 Å². The molecule has 0 heterocycles. The third kappa shape index (κ3) is 16.6. The summed E-state index contributed by atoms with van der Waals surface area (Å²) in [5, 5.41) is 7.46. The normalized spacial score (nSPS) is 11.5. The highest BCUT2D eigenvalue weighted by Gasteiger charge is 2.18. The molecule has 0 aliphatic heterocycles. The summed E-state index contributed by atoms with van der Waals surface area (Å²) < 4.78 is 0.407. The van der Waals surface area contributed by atoms with Crippen LogP contribution in [0, 0.1) is 0 Å². The van der Waals surface area contributed by atoms with Crippen LogP contribution in [0.3, 0.4) is 0 Å². The van der Waals surface area contributed by atoms with Gasteiger partial charge in [0.1, 0.15) is 5.78 Å². The molecular weight excluding hydrogens is 455 g/mol. The molecule has 0 aromatic rings. The van der Waals surface area contributed by atoms with Crippen LogP contribution in [0.5, 0.6) is 0 Å². The van der Waals surface area contributed by atoms with Gasteiger partial charge in [0.05, 0.1) is 24.9 Å². The van der Waals surface area contributed by atoms with E-state index < -0.39 is 5.91 Å². The van der Waals surface area contributed by atoms with Crippen LogP contribution in [0.2, 0.25) is 0 Å². The second-order valence-electron chi connectivity index (χ2n) is 7.83. The number of hydrogen-bond donors (Lipinski definition) is 3. The fourth-order valence-electron chi connectivity index (χ4n) is 2.83. The molecule has 0 saturated carbocycles. The summed E-state index contributed by atoms with van der Waals surface area (Å²) in [6.45, 7) is 1.96. The van der Waals surface area contributed by atoms with Crippen molar-refractivity contribution < 1.29 is 24.0 Å². The standard InChI is InChI=1S/C20H34B3N5O5S/c1-15(34-2)16(29)8-4-3-6-10-24-18(31)12-27(14-20(33)28(22)23)13-19(32)25-11-7-5-9-17(30)26-21/h15H,3-14H2,1-2H3,(H,24,31)(H,25,32)(H,26,30). The lowest BCUT2D eigenvalue weighted by Crippen LogP contribution is -2.47. The molecule has 0 bridgehead atoms. The molecule has 10 nitrogen and oxygen atoms in total. The Morgan fingerprint density at radius 3 is 1.82 bits per heavy atom. The van der Waals surface area contributed by atoms with Crippen molar-refractivity contribution >= 4 is 65.1 Å². The van der Waals surface area contributed by atoms with Crippen LogP contribution in [-0.4, -0.2) is 107 Å². The van der Waals surface area contributed by atoms with Gasteiger partial charge in [0.25, 0.3) is 0 Å². The minimum atomic E-state index is -0.655. The number of thioether (sulfide) groups is 1. The zero-order valence-corrected chi connectivity index (χ0v) is 21.0. The Bertz CT molecular complexity index is 673. The number of nitrogens with one attached hydrogen (secondary N) is 3. The molecule has 0 aromatic heterocycles. The Balaban J connectivity index is 4.36. The lowest BCUT2D eigenvalue weighted by Gasteiger charge is -2.23. The van der Waals surface area contributed by atoms with E-state index in [4.69, 9.17) is 23.9 Å². The molecule has 0 aliphatic rings. The van der Waals surface area contributed by atoms with Crippen molar-refractivity contribution in [3.63, 3.8) is 0 Å². The predicted molar refractivity (Wildman–Crippen MR) is 135 cm³/mol. The Morgan fingerprint density at radius 1 is 0.794 bits per heavy atom. The van der Waals surface area contributed by atoms with E-state index in [1.165, 1.54) is 16.7 Å². The first-order valence-electron chi connectivity index (χ1n) is 11.2. The molecule has 14 heteroatoms. The molecule has 0 spiro atoms. The lowest BCUT2D eigenvalue weighted by molar-refractivity contribution is -0.129. The summed E-state index contributed by atoms with van der Waals surface area (Å²) in [5.74, 6) is -1.44. The van der Waals surface area contributed by atoms with Crippen LogP contribution in [0.1, 0.15) is 51.9 Å². The van der Waals surface area contributed by atoms with Crippen molar-refractivity contribution in [1.29, 1.82) is 0 Å². The molecule has 0 fully saturated rings. The van der Waals surface area contributed by atoms with Crippen molar-refractivity contribution in [3.8, 4) is 0 Å². The smallest absolute Gasteiger partial charge is 0.234 e. The van der Waals surface area contributed by atoms with Gasteiger partial charge in [-0.3, -0.25) is 28.9 Å². The summed E-state index contributed by atoms with van der Waals surface area (Å²) >= 11 is 1.53. The first kappa shape index (κ1) is 32.1. The highest BCUT2D eigenvalue weighted by atomic mass is 32.2. The predicted octanol–water partition coefficient (Wildman–Crippen LogP) is -1.23. The Morgan fingerprint density at radius 2 is 1.32 bits per heavy atom. The monoisotopic (exact) mass is 489 g/mol. The third-order valence-corrected chi connectivity index (χ3v) is 5.89. The third-order valence-electron chi connectivity index (χ3n) is 4.92. The SMILES string of the molecule is [B]NC(=O)CCCCNC(=O)CN(CC(=O)NCCCCCC(=O)C(C)SC)CC(=O)N([B])[B]. The van der Waals surface area contributed by atoms with Gasteiger partial charge in [0, 0.05) is 25.9 Å². The molecule has 4 amide bonds. The zero-order valence-electron chi connectivity index (χ0n) is 20.1. The Labute approximate surface area is 210 Å². The fraction of sp³-hybridized carbons (Fsp3) is 0.750. The van der Waals surface area contributed by atoms with Gasteiger partial charge in [-0.25, -0.2) is 0 Å². The summed E-state index contributed by atoms with van der Waals surface area (Å²) in [4.78, 5) is 60.5. The van der Waals surface area contributed by atoms with Gasteiger partial charge in [-0.2, -0.15) is 11.8 Å². The van der Waals surface area contributed by atoms with Gasteiger partial charge in [0.2, 0.25) is 47.6 Å². The van der Waals surface area contributed by atoms with Gasteiger partial charge in [-0.1, -0.05) is 6.42 Å². The molecule has 1 atom stereocenters. The van der Waals surface area contributed by atoms with Crippen molar-refractivity contribution in [3.05, 3.63) is 0 Å². The molecule has 6 radical (unpaired) electrons. The van der Waals surface area contributed by atoms with Crippen molar-refractivity contribution in [1.82, 2.24) is 25.5 Å². The van der Waals surface area contributed by atoms with E-state index in [0.717, 1.165) is 12.8 Å². The van der Waals surface area contributed by atoms with Crippen LogP contribution in [-0.2, 0) is 24.0 Å². The van der Waals surface area contributed by atoms with Crippen LogP contribution >= 0.6 is 11.8 Å². The highest BCUT2D eigenvalue weighted by Crippen LogP contribution is 2.11. The topological polar surface area (TPSA) is 128 Å². The summed E-state index contributed by atoms with van der Waals surface area (Å²) in [6.07, 6.45) is 6.09. The summed E-state index contributed by atoms with van der Waals surface area (Å²) in [6, 6.07) is 0. The fourth-order valence-corrected chi connectivity index (χ4v) is 3.21. The van der Waals surface area contributed by atoms with Crippen molar-refractivity contribution in [2.75, 3.05) is 39.0 Å². The first-order chi connectivity index (χ1) is 16.1. The van der Waals surface area contributed by atoms with Crippen LogP contribution in [0.25, 0.3) is 0 Å². The van der Waals surface area contributed by atoms with E-state index in [1.54, 1.807) is 0 Å². The molecule has 3 N–H and O–H groups in total. The van der Waals surface area contributed by atoms with E-state index in [-0.39, 0.29) is 54.8 Å². The molecule has 0 aliphatic carbocycles. The van der Waals surface area contributed by atoms with E-state index in [0.29, 0.717) is 43.5 Å². The Hall–Kier alpha value is -1.95. The number of amides is 4. The molecular formula is C20H34B3N5O5S. The molecule has 184 valence electrons. The van der Waals surface area contributed by atoms with E-state index >= 15 is 0 Å². The zero-order chi connectivity index (χ0) is 25.9. The van der Waals surface area contributed by atoms with Crippen LogP contribution in [0.15, 0.2) is 0 Å². The maximum atomic E-state index is 12.3. The highest BCUT2D eigenvalue weighted by molar-refractivity contribution is 7.99. The largest absolute Gasteiger partial charge is 0.448 e. The van der Waals surface area contributed by atoms with Gasteiger partial charge in [-0.15, -0.1) is 0 Å². The number of carbonyl (C=O) groups excluding carboxylic acids is 5. The molecule has 0 rings (SSSR count). The average molecular weight is 489 g/mol. The van der Waals surface area contributed by atoms with Crippen LogP contribution < -0.4 is 15.9 Å². The minimum absolute atomic E-state index is 0.00113. The molecule has 0 saturated heterocycles. The number of rotatable bonds is 19. The Kier molecular flexibility index (Phi) is 18.3.